The molecule has 1 aromatic carbocycles. The number of thiophene rings is 1. The monoisotopic (exact) mass is 320 g/mol. The molecule has 116 valence electrons. The van der Waals surface area contributed by atoms with Crippen LogP contribution in [0.2, 0.25) is 0 Å². The lowest BCUT2D eigenvalue weighted by Crippen LogP contribution is -2.36. The lowest BCUT2D eigenvalue weighted by molar-refractivity contribution is -0.115. The van der Waals surface area contributed by atoms with Gasteiger partial charge in [0.1, 0.15) is 5.82 Å². The molecule has 0 saturated carbocycles. The summed E-state index contributed by atoms with van der Waals surface area (Å²) in [5, 5.41) is 4.58. The number of carbonyl (C=O) groups is 1. The van der Waals surface area contributed by atoms with Gasteiger partial charge in [-0.2, -0.15) is 0 Å². The molecule has 0 radical (unpaired) electrons. The van der Waals surface area contributed by atoms with E-state index in [1.807, 2.05) is 17.5 Å². The topological polar surface area (TPSA) is 41.6 Å². The van der Waals surface area contributed by atoms with Crippen LogP contribution in [0.15, 0.2) is 35.7 Å². The predicted molar refractivity (Wildman–Crippen MR) is 86.1 cm³/mol. The summed E-state index contributed by atoms with van der Waals surface area (Å²) in [6, 6.07) is 8.60. The number of morpholine rings is 1. The van der Waals surface area contributed by atoms with Crippen molar-refractivity contribution >= 4 is 28.6 Å². The molecule has 22 heavy (non-hydrogen) atoms. The summed E-state index contributed by atoms with van der Waals surface area (Å²) in [6.07, 6.45) is 0.263. The largest absolute Gasteiger partial charge is 0.378 e. The summed E-state index contributed by atoms with van der Waals surface area (Å²) in [7, 11) is 0. The number of nitrogens with one attached hydrogen (secondary N) is 1. The Kier molecular flexibility index (Phi) is 4.70. The summed E-state index contributed by atoms with van der Waals surface area (Å²) >= 11 is 1.52. The Hall–Kier alpha value is -1.92. The molecule has 1 aliphatic rings. The molecule has 4 nitrogen and oxygen atoms in total. The first-order valence-electron chi connectivity index (χ1n) is 7.17. The van der Waals surface area contributed by atoms with Crippen LogP contribution in [0.5, 0.6) is 0 Å². The Morgan fingerprint density at radius 1 is 1.32 bits per heavy atom. The van der Waals surface area contributed by atoms with Gasteiger partial charge in [0.05, 0.1) is 25.3 Å². The Morgan fingerprint density at radius 3 is 2.86 bits per heavy atom. The molecule has 0 aliphatic carbocycles. The molecule has 6 heteroatoms. The van der Waals surface area contributed by atoms with Crippen molar-refractivity contribution in [2.24, 2.45) is 0 Å². The van der Waals surface area contributed by atoms with Crippen LogP contribution >= 0.6 is 11.3 Å². The Balaban J connectivity index is 1.70. The highest BCUT2D eigenvalue weighted by Crippen LogP contribution is 2.24. The summed E-state index contributed by atoms with van der Waals surface area (Å²) < 4.78 is 19.2. The van der Waals surface area contributed by atoms with E-state index in [1.54, 1.807) is 12.1 Å². The number of nitrogens with zero attached hydrogens (tertiary/aromatic N) is 1. The molecular formula is C16H17FN2O2S. The number of hydrogen-bond acceptors (Lipinski definition) is 4. The van der Waals surface area contributed by atoms with Crippen molar-refractivity contribution in [3.63, 3.8) is 0 Å². The molecule has 2 heterocycles. The molecule has 0 unspecified atom stereocenters. The zero-order chi connectivity index (χ0) is 15.4. The SMILES string of the molecule is O=C(Cc1cccs1)Nc1cc(N2CCOCC2)ccc1F. The average Bonchev–Trinajstić information content (AvgIpc) is 3.03. The summed E-state index contributed by atoms with van der Waals surface area (Å²) in [4.78, 5) is 15.1. The number of benzene rings is 1. The van der Waals surface area contributed by atoms with E-state index in [4.69, 9.17) is 4.74 Å². The van der Waals surface area contributed by atoms with E-state index in [1.165, 1.54) is 17.4 Å². The zero-order valence-corrected chi connectivity index (χ0v) is 12.9. The standard InChI is InChI=1S/C16H17FN2O2S/c17-14-4-3-12(19-5-7-21-8-6-19)10-15(14)18-16(20)11-13-2-1-9-22-13/h1-4,9-10H,5-8,11H2,(H,18,20). The third kappa shape index (κ3) is 3.64. The minimum Gasteiger partial charge on any atom is -0.378 e. The first kappa shape index (κ1) is 15.0. The molecule has 1 amide bonds. The van der Waals surface area contributed by atoms with Gasteiger partial charge >= 0.3 is 0 Å². The first-order chi connectivity index (χ1) is 10.7. The van der Waals surface area contributed by atoms with Crippen LogP contribution in [0.3, 0.4) is 0 Å². The smallest absolute Gasteiger partial charge is 0.229 e. The van der Waals surface area contributed by atoms with Crippen LogP contribution < -0.4 is 10.2 Å². The van der Waals surface area contributed by atoms with Gasteiger partial charge in [0.25, 0.3) is 0 Å². The van der Waals surface area contributed by atoms with Crippen LogP contribution in [0.4, 0.5) is 15.8 Å². The predicted octanol–water partition coefficient (Wildman–Crippen LogP) is 2.91. The van der Waals surface area contributed by atoms with Crippen LogP contribution in [-0.4, -0.2) is 32.2 Å². The van der Waals surface area contributed by atoms with Gasteiger partial charge in [-0.3, -0.25) is 4.79 Å². The fraction of sp³-hybridized carbons (Fsp3) is 0.312. The van der Waals surface area contributed by atoms with E-state index in [-0.39, 0.29) is 18.0 Å². The molecule has 0 spiro atoms. The maximum absolute atomic E-state index is 13.9. The van der Waals surface area contributed by atoms with Crippen molar-refractivity contribution in [1.82, 2.24) is 0 Å². The number of anilines is 2. The molecule has 1 aromatic heterocycles. The molecule has 1 fully saturated rings. The van der Waals surface area contributed by atoms with Gasteiger partial charge in [0.2, 0.25) is 5.91 Å². The minimum atomic E-state index is -0.420. The minimum absolute atomic E-state index is 0.208. The Bertz CT molecular complexity index is 640. The van der Waals surface area contributed by atoms with Gasteiger partial charge in [0, 0.05) is 23.7 Å². The lowest BCUT2D eigenvalue weighted by atomic mass is 10.2. The van der Waals surface area contributed by atoms with E-state index in [9.17, 15) is 9.18 Å². The second-order valence-corrected chi connectivity index (χ2v) is 6.10. The molecule has 1 saturated heterocycles. The lowest BCUT2D eigenvalue weighted by Gasteiger charge is -2.29. The summed E-state index contributed by atoms with van der Waals surface area (Å²) in [5.41, 5.74) is 1.13. The Labute approximate surface area is 132 Å². The molecule has 3 rings (SSSR count). The van der Waals surface area contributed by atoms with Gasteiger partial charge < -0.3 is 15.0 Å². The van der Waals surface area contributed by atoms with Crippen molar-refractivity contribution in [1.29, 1.82) is 0 Å². The second-order valence-electron chi connectivity index (χ2n) is 5.07. The molecule has 1 N–H and O–H groups in total. The van der Waals surface area contributed by atoms with E-state index < -0.39 is 5.82 Å². The third-order valence-electron chi connectivity index (χ3n) is 3.52. The van der Waals surface area contributed by atoms with Crippen molar-refractivity contribution in [3.05, 3.63) is 46.4 Å². The number of ether oxygens (including phenoxy) is 1. The van der Waals surface area contributed by atoms with E-state index in [2.05, 4.69) is 10.2 Å². The van der Waals surface area contributed by atoms with Gasteiger partial charge in [-0.25, -0.2) is 4.39 Å². The van der Waals surface area contributed by atoms with Crippen molar-refractivity contribution in [2.45, 2.75) is 6.42 Å². The maximum atomic E-state index is 13.9. The number of carbonyl (C=O) groups excluding carboxylic acids is 1. The quantitative estimate of drug-likeness (QED) is 0.942. The highest BCUT2D eigenvalue weighted by Gasteiger charge is 2.14. The highest BCUT2D eigenvalue weighted by molar-refractivity contribution is 7.10. The molecule has 2 aromatic rings. The van der Waals surface area contributed by atoms with Gasteiger partial charge in [-0.1, -0.05) is 6.07 Å². The molecule has 0 bridgehead atoms. The fourth-order valence-corrected chi connectivity index (χ4v) is 3.10. The molecular weight excluding hydrogens is 303 g/mol. The van der Waals surface area contributed by atoms with Crippen LogP contribution in [0, 0.1) is 5.82 Å². The van der Waals surface area contributed by atoms with E-state index in [0.717, 1.165) is 23.7 Å². The van der Waals surface area contributed by atoms with Crippen LogP contribution in [0.1, 0.15) is 4.88 Å². The normalized spacial score (nSPS) is 14.9. The number of amides is 1. The van der Waals surface area contributed by atoms with E-state index >= 15 is 0 Å². The van der Waals surface area contributed by atoms with E-state index in [0.29, 0.717) is 13.2 Å². The number of hydrogen-bond donors (Lipinski definition) is 1. The molecule has 0 atom stereocenters. The van der Waals surface area contributed by atoms with Crippen molar-refractivity contribution in [2.75, 3.05) is 36.5 Å². The number of rotatable bonds is 4. The highest BCUT2D eigenvalue weighted by atomic mass is 32.1. The average molecular weight is 320 g/mol. The molecule has 1 aliphatic heterocycles. The summed E-state index contributed by atoms with van der Waals surface area (Å²) in [6.45, 7) is 2.87. The Morgan fingerprint density at radius 2 is 2.14 bits per heavy atom. The fourth-order valence-electron chi connectivity index (χ4n) is 2.39. The van der Waals surface area contributed by atoms with Crippen molar-refractivity contribution < 1.29 is 13.9 Å². The maximum Gasteiger partial charge on any atom is 0.229 e. The van der Waals surface area contributed by atoms with Gasteiger partial charge in [-0.15, -0.1) is 11.3 Å². The zero-order valence-electron chi connectivity index (χ0n) is 12.0. The van der Waals surface area contributed by atoms with Crippen LogP contribution in [-0.2, 0) is 16.0 Å². The van der Waals surface area contributed by atoms with Gasteiger partial charge in [-0.05, 0) is 29.6 Å². The van der Waals surface area contributed by atoms with Crippen LogP contribution in [0.25, 0.3) is 0 Å². The third-order valence-corrected chi connectivity index (χ3v) is 4.39. The van der Waals surface area contributed by atoms with Gasteiger partial charge in [0.15, 0.2) is 0 Å². The first-order valence-corrected chi connectivity index (χ1v) is 8.05. The summed E-state index contributed by atoms with van der Waals surface area (Å²) in [5.74, 6) is -0.628. The second kappa shape index (κ2) is 6.89. The number of halogens is 1. The van der Waals surface area contributed by atoms with Crippen molar-refractivity contribution in [3.8, 4) is 0 Å².